The van der Waals surface area contributed by atoms with Gasteiger partial charge >= 0.3 is 0 Å². The van der Waals surface area contributed by atoms with Crippen LogP contribution in [0.5, 0.6) is 0 Å². The van der Waals surface area contributed by atoms with E-state index in [1.807, 2.05) is 25.1 Å². The van der Waals surface area contributed by atoms with Crippen LogP contribution in [-0.2, 0) is 4.79 Å². The van der Waals surface area contributed by atoms with Crippen LogP contribution in [0.4, 0.5) is 5.69 Å². The number of amides is 1. The zero-order chi connectivity index (χ0) is 14.4. The SMILES string of the molecule is C#CCNCC(=O)Nc1cc(-n2cnnn2)ccc1C. The van der Waals surface area contributed by atoms with E-state index in [9.17, 15) is 4.79 Å². The maximum Gasteiger partial charge on any atom is 0.238 e. The molecule has 0 saturated heterocycles. The molecule has 7 heteroatoms. The number of carbonyl (C=O) groups is 1. The van der Waals surface area contributed by atoms with Crippen LogP contribution in [0.3, 0.4) is 0 Å². The van der Waals surface area contributed by atoms with Gasteiger partial charge in [0.25, 0.3) is 0 Å². The molecule has 1 heterocycles. The van der Waals surface area contributed by atoms with Gasteiger partial charge in [-0.2, -0.15) is 0 Å². The first-order chi connectivity index (χ1) is 9.70. The van der Waals surface area contributed by atoms with Crippen LogP contribution in [0.1, 0.15) is 5.56 Å². The van der Waals surface area contributed by atoms with Gasteiger partial charge in [-0.25, -0.2) is 4.68 Å². The topological polar surface area (TPSA) is 84.7 Å². The van der Waals surface area contributed by atoms with Crippen LogP contribution < -0.4 is 10.6 Å². The van der Waals surface area contributed by atoms with Crippen molar-refractivity contribution in [3.63, 3.8) is 0 Å². The van der Waals surface area contributed by atoms with E-state index in [-0.39, 0.29) is 12.5 Å². The maximum absolute atomic E-state index is 11.7. The number of hydrogen-bond donors (Lipinski definition) is 2. The molecule has 1 aromatic carbocycles. The predicted molar refractivity (Wildman–Crippen MR) is 74.2 cm³/mol. The Morgan fingerprint density at radius 3 is 3.05 bits per heavy atom. The first-order valence-corrected chi connectivity index (χ1v) is 5.99. The van der Waals surface area contributed by atoms with Crippen LogP contribution in [0.25, 0.3) is 5.69 Å². The molecule has 7 nitrogen and oxygen atoms in total. The number of benzene rings is 1. The lowest BCUT2D eigenvalue weighted by atomic mass is 10.2. The first kappa shape index (κ1) is 13.7. The zero-order valence-electron chi connectivity index (χ0n) is 11.0. The fourth-order valence-electron chi connectivity index (χ4n) is 1.61. The molecule has 0 bridgehead atoms. The minimum Gasteiger partial charge on any atom is -0.325 e. The summed E-state index contributed by atoms with van der Waals surface area (Å²) in [7, 11) is 0. The minimum absolute atomic E-state index is 0.155. The molecule has 1 amide bonds. The Labute approximate surface area is 116 Å². The van der Waals surface area contributed by atoms with Crippen molar-refractivity contribution in [3.8, 4) is 18.0 Å². The Balaban J connectivity index is 2.09. The molecule has 0 spiro atoms. The molecular weight excluding hydrogens is 256 g/mol. The monoisotopic (exact) mass is 270 g/mol. The van der Waals surface area contributed by atoms with E-state index < -0.39 is 0 Å². The molecule has 2 aromatic rings. The summed E-state index contributed by atoms with van der Waals surface area (Å²) >= 11 is 0. The van der Waals surface area contributed by atoms with Crippen molar-refractivity contribution in [2.75, 3.05) is 18.4 Å². The first-order valence-electron chi connectivity index (χ1n) is 5.99. The van der Waals surface area contributed by atoms with Crippen molar-refractivity contribution in [2.45, 2.75) is 6.92 Å². The van der Waals surface area contributed by atoms with Crippen LogP contribution in [-0.4, -0.2) is 39.2 Å². The van der Waals surface area contributed by atoms with Gasteiger partial charge in [0, 0.05) is 5.69 Å². The van der Waals surface area contributed by atoms with Crippen LogP contribution >= 0.6 is 0 Å². The van der Waals surface area contributed by atoms with Gasteiger partial charge in [0.2, 0.25) is 5.91 Å². The number of tetrazole rings is 1. The fraction of sp³-hybridized carbons (Fsp3) is 0.231. The lowest BCUT2D eigenvalue weighted by Crippen LogP contribution is -2.28. The number of aromatic nitrogens is 4. The Morgan fingerprint density at radius 2 is 2.35 bits per heavy atom. The summed E-state index contributed by atoms with van der Waals surface area (Å²) in [5.74, 6) is 2.25. The standard InChI is InChI=1S/C13H14N6O/c1-3-6-14-8-13(20)16-12-7-11(5-4-10(12)2)19-9-15-17-18-19/h1,4-5,7,9,14H,6,8H2,2H3,(H,16,20). The number of carbonyl (C=O) groups excluding carboxylic acids is 1. The lowest BCUT2D eigenvalue weighted by molar-refractivity contribution is -0.115. The van der Waals surface area contributed by atoms with Crippen LogP contribution in [0, 0.1) is 19.3 Å². The van der Waals surface area contributed by atoms with E-state index in [0.29, 0.717) is 12.2 Å². The highest BCUT2D eigenvalue weighted by Crippen LogP contribution is 2.18. The van der Waals surface area contributed by atoms with Gasteiger partial charge in [-0.3, -0.25) is 10.1 Å². The Kier molecular flexibility index (Phi) is 4.42. The minimum atomic E-state index is -0.155. The average molecular weight is 270 g/mol. The molecule has 0 atom stereocenters. The number of hydrogen-bond acceptors (Lipinski definition) is 5. The molecule has 2 N–H and O–H groups in total. The molecule has 2 rings (SSSR count). The molecule has 0 aliphatic heterocycles. The van der Waals surface area contributed by atoms with E-state index in [1.54, 1.807) is 0 Å². The van der Waals surface area contributed by atoms with Crippen molar-refractivity contribution in [1.82, 2.24) is 25.5 Å². The van der Waals surface area contributed by atoms with Crippen molar-refractivity contribution in [1.29, 1.82) is 0 Å². The second-order valence-corrected chi connectivity index (χ2v) is 4.11. The van der Waals surface area contributed by atoms with Crippen molar-refractivity contribution < 1.29 is 4.79 Å². The zero-order valence-corrected chi connectivity index (χ0v) is 11.0. The third kappa shape index (κ3) is 3.40. The predicted octanol–water partition coefficient (Wildman–Crippen LogP) is 0.132. The second kappa shape index (κ2) is 6.45. The van der Waals surface area contributed by atoms with Gasteiger partial charge in [0.05, 0.1) is 18.8 Å². The molecular formula is C13H14N6O. The third-order valence-corrected chi connectivity index (χ3v) is 2.62. The largest absolute Gasteiger partial charge is 0.325 e. The van der Waals surface area contributed by atoms with E-state index >= 15 is 0 Å². The number of nitrogens with zero attached hydrogens (tertiary/aromatic N) is 4. The number of anilines is 1. The second-order valence-electron chi connectivity index (χ2n) is 4.11. The Morgan fingerprint density at radius 1 is 1.50 bits per heavy atom. The van der Waals surface area contributed by atoms with Gasteiger partial charge in [-0.1, -0.05) is 12.0 Å². The summed E-state index contributed by atoms with van der Waals surface area (Å²) in [6.45, 7) is 2.43. The fourth-order valence-corrected chi connectivity index (χ4v) is 1.61. The molecule has 0 fully saturated rings. The summed E-state index contributed by atoms with van der Waals surface area (Å²) in [4.78, 5) is 11.7. The van der Waals surface area contributed by atoms with Gasteiger partial charge in [0.1, 0.15) is 6.33 Å². The van der Waals surface area contributed by atoms with E-state index in [2.05, 4.69) is 32.1 Å². The molecule has 0 unspecified atom stereocenters. The summed E-state index contributed by atoms with van der Waals surface area (Å²) in [6.07, 6.45) is 6.59. The summed E-state index contributed by atoms with van der Waals surface area (Å²) in [6, 6.07) is 5.57. The summed E-state index contributed by atoms with van der Waals surface area (Å²) in [5.41, 5.74) is 2.44. The quantitative estimate of drug-likeness (QED) is 0.596. The van der Waals surface area contributed by atoms with E-state index in [0.717, 1.165) is 11.3 Å². The van der Waals surface area contributed by atoms with Crippen LogP contribution in [0.2, 0.25) is 0 Å². The van der Waals surface area contributed by atoms with Gasteiger partial charge in [0.15, 0.2) is 0 Å². The third-order valence-electron chi connectivity index (χ3n) is 2.62. The van der Waals surface area contributed by atoms with Crippen LogP contribution in [0.15, 0.2) is 24.5 Å². The van der Waals surface area contributed by atoms with Crippen molar-refractivity contribution in [3.05, 3.63) is 30.1 Å². The average Bonchev–Trinajstić information content (AvgIpc) is 2.95. The molecule has 1 aromatic heterocycles. The highest BCUT2D eigenvalue weighted by atomic mass is 16.1. The Bertz CT molecular complexity index is 629. The molecule has 0 aliphatic rings. The van der Waals surface area contributed by atoms with Gasteiger partial charge in [-0.05, 0) is 35.0 Å². The number of rotatable bonds is 5. The Hall–Kier alpha value is -2.72. The summed E-state index contributed by atoms with van der Waals surface area (Å²) in [5, 5.41) is 16.6. The highest BCUT2D eigenvalue weighted by Gasteiger charge is 2.06. The highest BCUT2D eigenvalue weighted by molar-refractivity contribution is 5.93. The molecule has 20 heavy (non-hydrogen) atoms. The maximum atomic E-state index is 11.7. The lowest BCUT2D eigenvalue weighted by Gasteiger charge is -2.10. The van der Waals surface area contributed by atoms with Crippen molar-refractivity contribution >= 4 is 11.6 Å². The normalized spacial score (nSPS) is 10.0. The van der Waals surface area contributed by atoms with E-state index in [4.69, 9.17) is 6.42 Å². The van der Waals surface area contributed by atoms with Gasteiger partial charge in [-0.15, -0.1) is 11.5 Å². The number of terminal acetylenes is 1. The molecule has 102 valence electrons. The van der Waals surface area contributed by atoms with Crippen molar-refractivity contribution in [2.24, 2.45) is 0 Å². The molecule has 0 radical (unpaired) electrons. The van der Waals surface area contributed by atoms with Gasteiger partial charge < -0.3 is 5.32 Å². The number of nitrogens with one attached hydrogen (secondary N) is 2. The summed E-state index contributed by atoms with van der Waals surface area (Å²) < 4.78 is 1.52. The molecule has 0 aliphatic carbocycles. The molecule has 0 saturated carbocycles. The van der Waals surface area contributed by atoms with E-state index in [1.165, 1.54) is 11.0 Å². The number of aryl methyl sites for hydroxylation is 1. The smallest absolute Gasteiger partial charge is 0.238 e.